The summed E-state index contributed by atoms with van der Waals surface area (Å²) in [5.74, 6) is 0. The summed E-state index contributed by atoms with van der Waals surface area (Å²) in [4.78, 5) is 39.3. The van der Waals surface area contributed by atoms with Crippen molar-refractivity contribution in [3.05, 3.63) is 23.0 Å². The average molecular weight is 355 g/mol. The molecular formula is C10H13N4NaO7P. The Kier molecular flexibility index (Phi) is 5.77. The molecule has 13 heteroatoms. The number of aliphatic hydroxyl groups is 1. The van der Waals surface area contributed by atoms with E-state index in [9.17, 15) is 14.5 Å². The van der Waals surface area contributed by atoms with Gasteiger partial charge in [0.2, 0.25) is 0 Å². The Labute approximate surface area is 151 Å². The van der Waals surface area contributed by atoms with Crippen LogP contribution < -0.4 is 5.56 Å². The Bertz CT molecular complexity index is 789. The van der Waals surface area contributed by atoms with Gasteiger partial charge in [-0.25, -0.2) is 14.5 Å². The summed E-state index contributed by atoms with van der Waals surface area (Å²) in [5.41, 5.74) is 0.0247. The van der Waals surface area contributed by atoms with Crippen LogP contribution in [-0.4, -0.2) is 82.8 Å². The first-order valence-electron chi connectivity index (χ1n) is 6.29. The van der Waals surface area contributed by atoms with E-state index in [1.54, 1.807) is 0 Å². The van der Waals surface area contributed by atoms with Gasteiger partial charge in [-0.15, -0.1) is 0 Å². The fraction of sp³-hybridized carbons (Fsp3) is 0.500. The molecule has 0 spiro atoms. The van der Waals surface area contributed by atoms with E-state index in [-0.39, 0.29) is 47.1 Å². The minimum atomic E-state index is -4.64. The molecule has 2 aromatic rings. The first-order valence-corrected chi connectivity index (χ1v) is 7.82. The van der Waals surface area contributed by atoms with Crippen molar-refractivity contribution in [3.63, 3.8) is 0 Å². The maximum atomic E-state index is 11.6. The van der Waals surface area contributed by atoms with E-state index in [0.29, 0.717) is 0 Å². The number of hydrogen-bond donors (Lipinski definition) is 4. The van der Waals surface area contributed by atoms with Gasteiger partial charge in [0, 0.05) is 36.0 Å². The van der Waals surface area contributed by atoms with Crippen molar-refractivity contribution in [1.29, 1.82) is 0 Å². The van der Waals surface area contributed by atoms with E-state index in [0.717, 1.165) is 0 Å². The number of aromatic nitrogens is 4. The van der Waals surface area contributed by atoms with Crippen molar-refractivity contribution in [3.8, 4) is 0 Å². The number of H-pyrrole nitrogens is 1. The summed E-state index contributed by atoms with van der Waals surface area (Å²) in [6.45, 7) is -0.456. The molecule has 1 aliphatic heterocycles. The van der Waals surface area contributed by atoms with E-state index in [1.165, 1.54) is 17.2 Å². The Morgan fingerprint density at radius 3 is 2.91 bits per heavy atom. The van der Waals surface area contributed by atoms with Gasteiger partial charge in [-0.2, -0.15) is 0 Å². The zero-order valence-electron chi connectivity index (χ0n) is 12.1. The molecule has 4 N–H and O–H groups in total. The average Bonchev–Trinajstić information content (AvgIpc) is 3.00. The normalized spacial score (nSPS) is 24.7. The number of phosphoric acid groups is 1. The number of imidazole rings is 1. The number of fused-ring (bicyclic) bond motifs is 1. The van der Waals surface area contributed by atoms with Crippen molar-refractivity contribution in [2.24, 2.45) is 0 Å². The van der Waals surface area contributed by atoms with Crippen LogP contribution in [-0.2, 0) is 13.8 Å². The van der Waals surface area contributed by atoms with Gasteiger partial charge >= 0.3 is 7.82 Å². The van der Waals surface area contributed by atoms with Gasteiger partial charge in [0.1, 0.15) is 12.3 Å². The molecule has 3 unspecified atom stereocenters. The van der Waals surface area contributed by atoms with E-state index in [4.69, 9.17) is 14.5 Å². The summed E-state index contributed by atoms with van der Waals surface area (Å²) in [6.07, 6.45) is 0.182. The fourth-order valence-corrected chi connectivity index (χ4v) is 2.62. The summed E-state index contributed by atoms with van der Waals surface area (Å²) in [6, 6.07) is 0. The molecule has 0 aromatic carbocycles. The van der Waals surface area contributed by atoms with Gasteiger partial charge in [0.25, 0.3) is 5.56 Å². The quantitative estimate of drug-likeness (QED) is 0.378. The van der Waals surface area contributed by atoms with Crippen LogP contribution in [0.3, 0.4) is 0 Å². The van der Waals surface area contributed by atoms with E-state index >= 15 is 0 Å². The molecule has 11 nitrogen and oxygen atoms in total. The van der Waals surface area contributed by atoms with Crippen molar-refractivity contribution in [2.45, 2.75) is 24.9 Å². The van der Waals surface area contributed by atoms with Crippen LogP contribution in [0.2, 0.25) is 0 Å². The van der Waals surface area contributed by atoms with Gasteiger partial charge in [-0.1, -0.05) is 0 Å². The Morgan fingerprint density at radius 2 is 2.22 bits per heavy atom. The third kappa shape index (κ3) is 4.08. The second kappa shape index (κ2) is 7.09. The van der Waals surface area contributed by atoms with E-state index in [1.807, 2.05) is 0 Å². The third-order valence-electron chi connectivity index (χ3n) is 3.29. The van der Waals surface area contributed by atoms with Gasteiger partial charge in [-0.3, -0.25) is 13.9 Å². The zero-order chi connectivity index (χ0) is 15.9. The summed E-state index contributed by atoms with van der Waals surface area (Å²) in [7, 11) is -4.64. The molecule has 2 aromatic heterocycles. The van der Waals surface area contributed by atoms with Crippen molar-refractivity contribution in [1.82, 2.24) is 19.5 Å². The summed E-state index contributed by atoms with van der Waals surface area (Å²) in [5, 5.41) is 9.90. The number of phosphoric ester groups is 1. The van der Waals surface area contributed by atoms with Gasteiger partial charge in [0.05, 0.1) is 25.4 Å². The van der Waals surface area contributed by atoms with E-state index in [2.05, 4.69) is 19.5 Å². The van der Waals surface area contributed by atoms with Crippen LogP contribution in [0.15, 0.2) is 17.4 Å². The minimum Gasteiger partial charge on any atom is -0.390 e. The molecule has 23 heavy (non-hydrogen) atoms. The number of aromatic amines is 1. The minimum absolute atomic E-state index is 0. The molecule has 1 radical (unpaired) electrons. The second-order valence-corrected chi connectivity index (χ2v) is 6.01. The van der Waals surface area contributed by atoms with Gasteiger partial charge in [0.15, 0.2) is 11.2 Å². The Balaban J connectivity index is 0.00000192. The van der Waals surface area contributed by atoms with Gasteiger partial charge < -0.3 is 24.6 Å². The van der Waals surface area contributed by atoms with Crippen molar-refractivity contribution < 1.29 is 28.7 Å². The molecule has 1 saturated heterocycles. The number of ether oxygens (including phenoxy) is 1. The number of aliphatic hydroxyl groups excluding tert-OH is 1. The molecule has 3 atom stereocenters. The number of nitrogens with zero attached hydrogens (tertiary/aromatic N) is 3. The van der Waals surface area contributed by atoms with Crippen LogP contribution in [0, 0.1) is 0 Å². The predicted molar refractivity (Wildman–Crippen MR) is 76.4 cm³/mol. The maximum absolute atomic E-state index is 11.6. The van der Waals surface area contributed by atoms with Crippen LogP contribution in [0.5, 0.6) is 0 Å². The van der Waals surface area contributed by atoms with Crippen LogP contribution in [0.4, 0.5) is 0 Å². The standard InChI is InChI=1S/C10H13N4O7P.Na/c15-5-1-7(21-6(5)2-20-22(17,18)19)14-4-13-8-9(14)11-3-12-10(8)16;/h3-7,15H,1-2H2,(H,11,12,16)(H2,17,18,19);. The molecule has 1 fully saturated rings. The number of rotatable bonds is 4. The van der Waals surface area contributed by atoms with Gasteiger partial charge in [-0.05, 0) is 0 Å². The molecule has 3 rings (SSSR count). The van der Waals surface area contributed by atoms with Crippen LogP contribution >= 0.6 is 7.82 Å². The number of nitrogens with one attached hydrogen (secondary N) is 1. The molecule has 1 aliphatic rings. The largest absolute Gasteiger partial charge is 0.469 e. The predicted octanol–water partition coefficient (Wildman–Crippen LogP) is -1.50. The molecule has 3 heterocycles. The topological polar surface area (TPSA) is 160 Å². The Morgan fingerprint density at radius 1 is 1.48 bits per heavy atom. The molecule has 0 amide bonds. The molecule has 0 bridgehead atoms. The van der Waals surface area contributed by atoms with E-state index < -0.39 is 38.4 Å². The second-order valence-electron chi connectivity index (χ2n) is 4.77. The summed E-state index contributed by atoms with van der Waals surface area (Å²) >= 11 is 0. The van der Waals surface area contributed by atoms with Crippen molar-refractivity contribution >= 4 is 48.5 Å². The third-order valence-corrected chi connectivity index (χ3v) is 3.77. The smallest absolute Gasteiger partial charge is 0.390 e. The molecule has 121 valence electrons. The molecule has 0 aliphatic carbocycles. The first kappa shape index (κ1) is 18.7. The zero-order valence-corrected chi connectivity index (χ0v) is 15.0. The summed E-state index contributed by atoms with van der Waals surface area (Å²) < 4.78 is 22.0. The SMILES string of the molecule is O=c1[nH]cnc2c1ncn2C1CC(O)C(COP(=O)(O)O)O1.[Na]. The van der Waals surface area contributed by atoms with Crippen LogP contribution in [0.25, 0.3) is 11.2 Å². The van der Waals surface area contributed by atoms with Crippen LogP contribution in [0.1, 0.15) is 12.6 Å². The Hall–Kier alpha value is -0.620. The monoisotopic (exact) mass is 355 g/mol. The molecule has 0 saturated carbocycles. The maximum Gasteiger partial charge on any atom is 0.469 e. The molecular weight excluding hydrogens is 342 g/mol. The fourth-order valence-electron chi connectivity index (χ4n) is 2.28. The number of hydrogen-bond acceptors (Lipinski definition) is 7. The van der Waals surface area contributed by atoms with Crippen molar-refractivity contribution in [2.75, 3.05) is 6.61 Å². The first-order chi connectivity index (χ1) is 10.3.